The molecule has 11 nitrogen and oxygen atoms in total. The van der Waals surface area contributed by atoms with Gasteiger partial charge in [-0.05, 0) is 83.5 Å². The Morgan fingerprint density at radius 1 is 0.372 bits per heavy atom. The molecule has 0 aliphatic carbocycles. The average Bonchev–Trinajstić information content (AvgIpc) is 3.43. The third kappa shape index (κ3) is 57.9. The van der Waals surface area contributed by atoms with Gasteiger partial charge < -0.3 is 24.2 Å². The lowest BCUT2D eigenvalue weighted by Gasteiger charge is -2.21. The normalized spacial score (nSPS) is 13.7. The minimum Gasteiger partial charge on any atom is -0.462 e. The van der Waals surface area contributed by atoms with E-state index in [4.69, 9.17) is 23.3 Å². The first-order valence-corrected chi connectivity index (χ1v) is 33.7. The largest absolute Gasteiger partial charge is 0.472 e. The molecule has 3 unspecified atom stereocenters. The monoisotopic (exact) mass is 1120 g/mol. The van der Waals surface area contributed by atoms with E-state index in [1.54, 1.807) is 0 Å². The summed E-state index contributed by atoms with van der Waals surface area (Å²) in [7, 11) is -4.76. The van der Waals surface area contributed by atoms with Crippen molar-refractivity contribution in [2.24, 2.45) is 0 Å². The molecule has 0 saturated heterocycles. The van der Waals surface area contributed by atoms with Gasteiger partial charge in [0.2, 0.25) is 0 Å². The van der Waals surface area contributed by atoms with Crippen molar-refractivity contribution in [3.05, 3.63) is 60.8 Å². The molecule has 0 saturated carbocycles. The van der Waals surface area contributed by atoms with Crippen LogP contribution in [0.5, 0.6) is 0 Å². The SMILES string of the molecule is CC/C=C\C/C=C\C/C=C\CCCCCC(=O)OC(CO)COP(=O)(O)OCC(COC(=O)CCCCCCCCCCC/C=C\C/C=C\CCCCC)OC(=O)CCCCCCCCCCCCCCCCCCCCC. The van der Waals surface area contributed by atoms with E-state index in [2.05, 4.69) is 81.5 Å². The van der Waals surface area contributed by atoms with Gasteiger partial charge in [-0.3, -0.25) is 23.4 Å². The molecule has 0 aliphatic rings. The van der Waals surface area contributed by atoms with E-state index >= 15 is 0 Å². The topological polar surface area (TPSA) is 155 Å². The molecule has 0 bridgehead atoms. The van der Waals surface area contributed by atoms with Crippen LogP contribution in [0.25, 0.3) is 0 Å². The van der Waals surface area contributed by atoms with Gasteiger partial charge >= 0.3 is 25.7 Å². The van der Waals surface area contributed by atoms with Crippen LogP contribution in [-0.4, -0.2) is 66.5 Å². The standard InChI is InChI=1S/C66H119O11P/c1-4-7-10-13-16-19-22-25-27-29-31-33-35-38-40-43-46-49-52-55-64(68)73-59-63(77-66(70)57-54-51-48-45-42-39-36-34-32-30-28-26-23-20-17-14-11-8-5-2)61-75-78(71,72)74-60-62(58-67)76-65(69)56-53-50-47-44-41-37-24-21-18-15-12-9-6-3/h9,12,16,18-19,21,25,27,37,41,62-63,67H,4-8,10-11,13-15,17,20,22-24,26,28-36,38-40,42-61H2,1-3H3,(H,71,72)/b12-9-,19-16-,21-18-,27-25-,41-37-. The number of hydrogen-bond acceptors (Lipinski definition) is 10. The van der Waals surface area contributed by atoms with Crippen molar-refractivity contribution in [1.82, 2.24) is 0 Å². The number of carbonyl (C=O) groups is 3. The number of aliphatic hydroxyl groups excluding tert-OH is 1. The summed E-state index contributed by atoms with van der Waals surface area (Å²) in [6, 6.07) is 0. The summed E-state index contributed by atoms with van der Waals surface area (Å²) in [5.74, 6) is -1.48. The van der Waals surface area contributed by atoms with Crippen molar-refractivity contribution in [3.8, 4) is 0 Å². The van der Waals surface area contributed by atoms with Gasteiger partial charge in [0.1, 0.15) is 12.7 Å². The average molecular weight is 1120 g/mol. The zero-order valence-electron chi connectivity index (χ0n) is 50.4. The highest BCUT2D eigenvalue weighted by atomic mass is 31.2. The molecule has 0 heterocycles. The zero-order chi connectivity index (χ0) is 56.9. The fraction of sp³-hybridized carbons (Fsp3) is 0.803. The number of phosphoric ester groups is 1. The van der Waals surface area contributed by atoms with Crippen LogP contribution < -0.4 is 0 Å². The summed E-state index contributed by atoms with van der Waals surface area (Å²) in [5, 5.41) is 9.83. The van der Waals surface area contributed by atoms with Gasteiger partial charge in [-0.25, -0.2) is 4.57 Å². The molecule has 0 spiro atoms. The second-order valence-electron chi connectivity index (χ2n) is 21.6. The van der Waals surface area contributed by atoms with E-state index in [-0.39, 0.29) is 25.9 Å². The fourth-order valence-corrected chi connectivity index (χ4v) is 9.83. The van der Waals surface area contributed by atoms with Crippen LogP contribution in [0.4, 0.5) is 0 Å². The maximum absolute atomic E-state index is 13.0. The summed E-state index contributed by atoms with van der Waals surface area (Å²) in [5.41, 5.74) is 0. The first-order chi connectivity index (χ1) is 38.2. The van der Waals surface area contributed by atoms with Gasteiger partial charge in [-0.1, -0.05) is 261 Å². The second kappa shape index (κ2) is 60.3. The Balaban J connectivity index is 4.70. The Hall–Kier alpha value is -2.82. The highest BCUT2D eigenvalue weighted by Crippen LogP contribution is 2.43. The number of unbranched alkanes of at least 4 members (excludes halogenated alkanes) is 33. The fourth-order valence-electron chi connectivity index (χ4n) is 9.05. The zero-order valence-corrected chi connectivity index (χ0v) is 51.3. The lowest BCUT2D eigenvalue weighted by molar-refractivity contribution is -0.161. The highest BCUT2D eigenvalue weighted by molar-refractivity contribution is 7.47. The molecule has 12 heteroatoms. The second-order valence-corrected chi connectivity index (χ2v) is 23.0. The maximum Gasteiger partial charge on any atom is 0.472 e. The molecule has 0 rings (SSSR count). The van der Waals surface area contributed by atoms with Crippen LogP contribution in [-0.2, 0) is 42.2 Å². The Kier molecular flexibility index (Phi) is 58.1. The van der Waals surface area contributed by atoms with Gasteiger partial charge in [0.25, 0.3) is 0 Å². The van der Waals surface area contributed by atoms with Gasteiger partial charge in [-0.15, -0.1) is 0 Å². The van der Waals surface area contributed by atoms with Crippen LogP contribution in [0.15, 0.2) is 60.8 Å². The molecule has 0 aromatic rings. The van der Waals surface area contributed by atoms with Crippen LogP contribution in [0.1, 0.15) is 303 Å². The van der Waals surface area contributed by atoms with Crippen LogP contribution in [0, 0.1) is 0 Å². The molecule has 0 aromatic heterocycles. The molecular weight excluding hydrogens is 1000 g/mol. The molecule has 0 amide bonds. The predicted molar refractivity (Wildman–Crippen MR) is 325 cm³/mol. The highest BCUT2D eigenvalue weighted by Gasteiger charge is 2.28. The number of rotatable bonds is 60. The molecular formula is C66H119O11P. The molecule has 0 fully saturated rings. The first-order valence-electron chi connectivity index (χ1n) is 32.2. The summed E-state index contributed by atoms with van der Waals surface area (Å²) >= 11 is 0. The third-order valence-electron chi connectivity index (χ3n) is 13.9. The quantitative estimate of drug-likeness (QED) is 0.0197. The van der Waals surface area contributed by atoms with Crippen molar-refractivity contribution in [2.75, 3.05) is 26.4 Å². The summed E-state index contributed by atoms with van der Waals surface area (Å²) in [4.78, 5) is 48.7. The minimum absolute atomic E-state index is 0.142. The summed E-state index contributed by atoms with van der Waals surface area (Å²) in [6.07, 6.45) is 67.5. The maximum atomic E-state index is 13.0. The van der Waals surface area contributed by atoms with E-state index in [9.17, 15) is 28.9 Å². The van der Waals surface area contributed by atoms with Crippen LogP contribution >= 0.6 is 7.82 Å². The lowest BCUT2D eigenvalue weighted by Crippen LogP contribution is -2.30. The number of esters is 3. The van der Waals surface area contributed by atoms with Crippen molar-refractivity contribution in [1.29, 1.82) is 0 Å². The molecule has 454 valence electrons. The van der Waals surface area contributed by atoms with Gasteiger partial charge in [0, 0.05) is 19.3 Å². The van der Waals surface area contributed by atoms with E-state index in [0.717, 1.165) is 89.9 Å². The number of hydrogen-bond donors (Lipinski definition) is 2. The van der Waals surface area contributed by atoms with Gasteiger partial charge in [0.05, 0.1) is 19.8 Å². The van der Waals surface area contributed by atoms with Crippen LogP contribution in [0.2, 0.25) is 0 Å². The molecule has 78 heavy (non-hydrogen) atoms. The summed E-state index contributed by atoms with van der Waals surface area (Å²) in [6.45, 7) is 4.52. The number of phosphoric acid groups is 1. The summed E-state index contributed by atoms with van der Waals surface area (Å²) < 4.78 is 39.6. The minimum atomic E-state index is -4.76. The molecule has 0 aromatic carbocycles. The van der Waals surface area contributed by atoms with Gasteiger partial charge in [0.15, 0.2) is 6.10 Å². The van der Waals surface area contributed by atoms with E-state index in [0.29, 0.717) is 19.3 Å². The van der Waals surface area contributed by atoms with Crippen molar-refractivity contribution >= 4 is 25.7 Å². The molecule has 0 radical (unpaired) electrons. The number of carbonyl (C=O) groups excluding carboxylic acids is 3. The van der Waals surface area contributed by atoms with E-state index in [1.165, 1.54) is 154 Å². The Labute approximate surface area is 478 Å². The van der Waals surface area contributed by atoms with Crippen molar-refractivity contribution in [3.63, 3.8) is 0 Å². The molecule has 2 N–H and O–H groups in total. The molecule has 0 aliphatic heterocycles. The first kappa shape index (κ1) is 75.2. The van der Waals surface area contributed by atoms with Crippen LogP contribution in [0.3, 0.4) is 0 Å². The lowest BCUT2D eigenvalue weighted by atomic mass is 10.0. The third-order valence-corrected chi connectivity index (χ3v) is 14.9. The Morgan fingerprint density at radius 2 is 0.667 bits per heavy atom. The number of aliphatic hydroxyl groups is 1. The predicted octanol–water partition coefficient (Wildman–Crippen LogP) is 19.5. The smallest absolute Gasteiger partial charge is 0.462 e. The number of allylic oxidation sites excluding steroid dienone is 10. The Morgan fingerprint density at radius 3 is 1.06 bits per heavy atom. The van der Waals surface area contributed by atoms with Gasteiger partial charge in [-0.2, -0.15) is 0 Å². The van der Waals surface area contributed by atoms with Crippen molar-refractivity contribution < 1.29 is 52.2 Å². The van der Waals surface area contributed by atoms with Crippen molar-refractivity contribution in [2.45, 2.75) is 315 Å². The number of ether oxygens (including phenoxy) is 3. The molecule has 3 atom stereocenters. The van der Waals surface area contributed by atoms with E-state index in [1.807, 2.05) is 0 Å². The van der Waals surface area contributed by atoms with E-state index < -0.39 is 57.8 Å². The Bertz CT molecular complexity index is 1540.